The van der Waals surface area contributed by atoms with Crippen LogP contribution in [-0.2, 0) is 4.74 Å². The van der Waals surface area contributed by atoms with Crippen LogP contribution in [0.25, 0.3) is 5.70 Å². The first-order valence-corrected chi connectivity index (χ1v) is 10.4. The minimum absolute atomic E-state index is 0.0734. The predicted molar refractivity (Wildman–Crippen MR) is 116 cm³/mol. The van der Waals surface area contributed by atoms with E-state index < -0.39 is 6.09 Å². The van der Waals surface area contributed by atoms with E-state index in [2.05, 4.69) is 4.98 Å². The van der Waals surface area contributed by atoms with Crippen molar-refractivity contribution in [3.8, 4) is 11.6 Å². The molecule has 4 N–H and O–H groups in total. The second-order valence-electron chi connectivity index (χ2n) is 7.53. The Balaban J connectivity index is 2.18. The Morgan fingerprint density at radius 1 is 1.23 bits per heavy atom. The van der Waals surface area contributed by atoms with Gasteiger partial charge in [0, 0.05) is 20.6 Å². The lowest BCUT2D eigenvalue weighted by atomic mass is 9.98. The zero-order valence-corrected chi connectivity index (χ0v) is 18.5. The zero-order chi connectivity index (χ0) is 22.1. The first-order valence-electron chi connectivity index (χ1n) is 10.4. The van der Waals surface area contributed by atoms with E-state index in [9.17, 15) is 4.79 Å². The number of pyridine rings is 1. The molecule has 30 heavy (non-hydrogen) atoms. The van der Waals surface area contributed by atoms with Crippen molar-refractivity contribution in [2.45, 2.75) is 51.6 Å². The second kappa shape index (κ2) is 11.5. The molecule has 1 aromatic heterocycles. The largest absolute Gasteiger partial charge is 0.485 e. The Hall–Kier alpha value is -2.68. The van der Waals surface area contributed by atoms with Gasteiger partial charge < -0.3 is 29.9 Å². The molecule has 0 radical (unpaired) electrons. The highest BCUT2D eigenvalue weighted by atomic mass is 16.6. The van der Waals surface area contributed by atoms with Crippen molar-refractivity contribution in [2.24, 2.45) is 11.6 Å². The van der Waals surface area contributed by atoms with Crippen LogP contribution in [0.5, 0.6) is 11.6 Å². The van der Waals surface area contributed by atoms with E-state index in [4.69, 9.17) is 25.8 Å². The molecule has 0 aromatic carbocycles. The number of methoxy groups -OCH3 is 1. The van der Waals surface area contributed by atoms with E-state index in [1.807, 2.05) is 6.92 Å². The number of amides is 1. The molecule has 1 aliphatic carbocycles. The minimum Gasteiger partial charge on any atom is -0.485 e. The summed E-state index contributed by atoms with van der Waals surface area (Å²) >= 11 is 0. The molecule has 0 bridgehead atoms. The van der Waals surface area contributed by atoms with Gasteiger partial charge in [-0.05, 0) is 44.2 Å². The molecule has 0 aliphatic heterocycles. The molecule has 1 heterocycles. The third-order valence-corrected chi connectivity index (χ3v) is 5.08. The lowest BCUT2D eigenvalue weighted by Gasteiger charge is -2.24. The molecule has 1 aromatic rings. The number of carbonyl (C=O) groups excluding carboxylic acids is 1. The van der Waals surface area contributed by atoms with Gasteiger partial charge in [-0.2, -0.15) is 0 Å². The molecule has 0 unspecified atom stereocenters. The number of carbonyl (C=O) groups is 1. The molecule has 0 spiro atoms. The summed E-state index contributed by atoms with van der Waals surface area (Å²) in [6.45, 7) is 2.52. The maximum atomic E-state index is 12.1. The molecule has 1 fully saturated rings. The third kappa shape index (κ3) is 6.41. The normalized spacial score (nSPS) is 15.2. The van der Waals surface area contributed by atoms with Gasteiger partial charge in [0.1, 0.15) is 6.61 Å². The van der Waals surface area contributed by atoms with E-state index in [0.29, 0.717) is 35.3 Å². The number of aromatic nitrogens is 1. The Morgan fingerprint density at radius 2 is 1.93 bits per heavy atom. The summed E-state index contributed by atoms with van der Waals surface area (Å²) in [5, 5.41) is 1.32. The molecule has 9 nitrogen and oxygen atoms in total. The monoisotopic (exact) mass is 421 g/mol. The van der Waals surface area contributed by atoms with Crippen molar-refractivity contribution in [1.82, 2.24) is 14.9 Å². The van der Waals surface area contributed by atoms with Crippen LogP contribution >= 0.6 is 0 Å². The summed E-state index contributed by atoms with van der Waals surface area (Å²) < 4.78 is 16.9. The molecule has 168 valence electrons. The number of hydrogen-bond donors (Lipinski definition) is 2. The number of likely N-dealkylation sites (N-methyl/N-ethyl adjacent to an activating group) is 1. The van der Waals surface area contributed by atoms with Gasteiger partial charge in [-0.15, -0.1) is 0 Å². The maximum absolute atomic E-state index is 12.1. The average Bonchev–Trinajstić information content (AvgIpc) is 2.74. The Kier molecular flexibility index (Phi) is 9.04. The molecule has 1 saturated carbocycles. The topological polar surface area (TPSA) is 116 Å². The van der Waals surface area contributed by atoms with Crippen LogP contribution in [0, 0.1) is 0 Å². The highest BCUT2D eigenvalue weighted by molar-refractivity contribution is 5.68. The van der Waals surface area contributed by atoms with E-state index in [-0.39, 0.29) is 12.7 Å². The van der Waals surface area contributed by atoms with Gasteiger partial charge in [0.15, 0.2) is 5.75 Å². The maximum Gasteiger partial charge on any atom is 0.409 e. The van der Waals surface area contributed by atoms with Gasteiger partial charge in [-0.25, -0.2) is 15.6 Å². The summed E-state index contributed by atoms with van der Waals surface area (Å²) in [4.78, 5) is 18.1. The van der Waals surface area contributed by atoms with Gasteiger partial charge >= 0.3 is 6.09 Å². The number of rotatable bonds is 9. The smallest absolute Gasteiger partial charge is 0.409 e. The number of ether oxygens (including phenoxy) is 3. The van der Waals surface area contributed by atoms with Gasteiger partial charge in [0.05, 0.1) is 30.3 Å². The average molecular weight is 422 g/mol. The fourth-order valence-corrected chi connectivity index (χ4v) is 3.36. The van der Waals surface area contributed by atoms with Gasteiger partial charge in [-0.1, -0.05) is 13.3 Å². The van der Waals surface area contributed by atoms with Gasteiger partial charge in [0.2, 0.25) is 0 Å². The molecule has 1 aliphatic rings. The standard InChI is InChI=1S/C21H35N5O4/c1-5-13-25(2)21(27)29-14-17(26(3)23)19(22)16-11-12-18(20(24-16)28-4)30-15-9-7-6-8-10-15/h11-12,15H,5-10,13-14,22-23H2,1-4H3/b19-17-. The van der Waals surface area contributed by atoms with Crippen LogP contribution in [0.3, 0.4) is 0 Å². The fraction of sp³-hybridized carbons (Fsp3) is 0.619. The zero-order valence-electron chi connectivity index (χ0n) is 18.5. The lowest BCUT2D eigenvalue weighted by Crippen LogP contribution is -2.34. The lowest BCUT2D eigenvalue weighted by molar-refractivity contribution is 0.113. The second-order valence-corrected chi connectivity index (χ2v) is 7.53. The van der Waals surface area contributed by atoms with Gasteiger partial charge in [0.25, 0.3) is 5.88 Å². The molecule has 1 amide bonds. The summed E-state index contributed by atoms with van der Waals surface area (Å²) in [5.41, 5.74) is 7.51. The Bertz CT molecular complexity index is 732. The molecular formula is C21H35N5O4. The summed E-state index contributed by atoms with van der Waals surface area (Å²) in [7, 11) is 4.85. The van der Waals surface area contributed by atoms with Gasteiger partial charge in [-0.3, -0.25) is 0 Å². The van der Waals surface area contributed by atoms with Crippen molar-refractivity contribution in [3.05, 3.63) is 23.5 Å². The number of hydrogen-bond acceptors (Lipinski definition) is 8. The number of nitrogens with zero attached hydrogens (tertiary/aromatic N) is 3. The SMILES string of the molecule is CCCN(C)C(=O)OC/C(=C(/N)c1ccc(OC2CCCCC2)c(OC)n1)N(C)N. The van der Waals surface area contributed by atoms with Crippen LogP contribution < -0.4 is 21.1 Å². The van der Waals surface area contributed by atoms with E-state index in [0.717, 1.165) is 19.3 Å². The van der Waals surface area contributed by atoms with Crippen LogP contribution in [-0.4, -0.2) is 61.4 Å². The van der Waals surface area contributed by atoms with Crippen molar-refractivity contribution in [3.63, 3.8) is 0 Å². The van der Waals surface area contributed by atoms with E-state index in [1.165, 1.54) is 29.2 Å². The van der Waals surface area contributed by atoms with Crippen molar-refractivity contribution < 1.29 is 19.0 Å². The van der Waals surface area contributed by atoms with E-state index >= 15 is 0 Å². The highest BCUT2D eigenvalue weighted by Gasteiger charge is 2.20. The first kappa shape index (κ1) is 23.6. The third-order valence-electron chi connectivity index (χ3n) is 5.08. The fourth-order valence-electron chi connectivity index (χ4n) is 3.36. The Morgan fingerprint density at radius 3 is 2.53 bits per heavy atom. The molecule has 0 saturated heterocycles. The molecule has 9 heteroatoms. The minimum atomic E-state index is -0.439. The van der Waals surface area contributed by atoms with Crippen molar-refractivity contribution in [2.75, 3.05) is 34.4 Å². The molecule has 2 rings (SSSR count). The van der Waals surface area contributed by atoms with E-state index in [1.54, 1.807) is 33.3 Å². The van der Waals surface area contributed by atoms with Crippen LogP contribution in [0.4, 0.5) is 4.79 Å². The van der Waals surface area contributed by atoms with Crippen LogP contribution in [0.2, 0.25) is 0 Å². The van der Waals surface area contributed by atoms with Crippen molar-refractivity contribution >= 4 is 11.8 Å². The van der Waals surface area contributed by atoms with Crippen molar-refractivity contribution in [1.29, 1.82) is 0 Å². The quantitative estimate of drug-likeness (QED) is 0.462. The predicted octanol–water partition coefficient (Wildman–Crippen LogP) is 2.71. The van der Waals surface area contributed by atoms with Crippen LogP contribution in [0.15, 0.2) is 17.8 Å². The Labute approximate surface area is 178 Å². The van der Waals surface area contributed by atoms with Crippen LogP contribution in [0.1, 0.15) is 51.1 Å². The summed E-state index contributed by atoms with van der Waals surface area (Å²) in [6.07, 6.45) is 6.25. The first-order chi connectivity index (χ1) is 14.4. The summed E-state index contributed by atoms with van der Waals surface area (Å²) in [5.74, 6) is 6.88. The highest BCUT2D eigenvalue weighted by Crippen LogP contribution is 2.31. The number of hydrazine groups is 1. The molecular weight excluding hydrogens is 386 g/mol. The molecule has 0 atom stereocenters. The number of nitrogens with two attached hydrogens (primary N) is 2. The summed E-state index contributed by atoms with van der Waals surface area (Å²) in [6, 6.07) is 3.56.